The highest BCUT2D eigenvalue weighted by molar-refractivity contribution is 7.99. The van der Waals surface area contributed by atoms with Gasteiger partial charge in [-0.25, -0.2) is 0 Å². The van der Waals surface area contributed by atoms with E-state index in [-0.39, 0.29) is 0 Å². The summed E-state index contributed by atoms with van der Waals surface area (Å²) < 4.78 is 0. The second-order valence-corrected chi connectivity index (χ2v) is 5.60. The monoisotopic (exact) mass is 201 g/mol. The summed E-state index contributed by atoms with van der Waals surface area (Å²) in [6.45, 7) is 5.50. The minimum absolute atomic E-state index is 0.673. The Kier molecular flexibility index (Phi) is 4.60. The normalized spacial score (nSPS) is 21.5. The smallest absolute Gasteiger partial charge is 0.00102 e. The van der Waals surface area contributed by atoms with Gasteiger partial charge >= 0.3 is 0 Å². The molecule has 1 aliphatic rings. The topological polar surface area (TPSA) is 26.0 Å². The molecule has 1 saturated carbocycles. The van der Waals surface area contributed by atoms with Gasteiger partial charge in [-0.1, -0.05) is 20.3 Å². The maximum atomic E-state index is 5.60. The Morgan fingerprint density at radius 1 is 1.46 bits per heavy atom. The van der Waals surface area contributed by atoms with Crippen LogP contribution in [0.4, 0.5) is 0 Å². The first kappa shape index (κ1) is 11.4. The first-order chi connectivity index (χ1) is 6.22. The van der Waals surface area contributed by atoms with E-state index in [0.717, 1.165) is 12.5 Å². The van der Waals surface area contributed by atoms with Crippen LogP contribution in [0.5, 0.6) is 0 Å². The molecule has 78 valence electrons. The van der Waals surface area contributed by atoms with Crippen LogP contribution in [-0.4, -0.2) is 18.1 Å². The standard InChI is InChI=1S/C11H23NS/c1-3-10(2)8-13-9-11(4-5-11)6-7-12/h10H,3-9,12H2,1-2H3. The average Bonchev–Trinajstić information content (AvgIpc) is 2.86. The fourth-order valence-electron chi connectivity index (χ4n) is 1.54. The van der Waals surface area contributed by atoms with Crippen LogP contribution < -0.4 is 5.73 Å². The lowest BCUT2D eigenvalue weighted by Crippen LogP contribution is -2.12. The Balaban J connectivity index is 2.05. The number of hydrogen-bond acceptors (Lipinski definition) is 2. The molecule has 0 aromatic rings. The van der Waals surface area contributed by atoms with Crippen molar-refractivity contribution < 1.29 is 0 Å². The van der Waals surface area contributed by atoms with Crippen LogP contribution in [0.1, 0.15) is 39.5 Å². The lowest BCUT2D eigenvalue weighted by atomic mass is 10.1. The summed E-state index contributed by atoms with van der Waals surface area (Å²) in [5.74, 6) is 3.58. The van der Waals surface area contributed by atoms with Gasteiger partial charge in [-0.15, -0.1) is 0 Å². The van der Waals surface area contributed by atoms with Crippen molar-refractivity contribution in [2.45, 2.75) is 39.5 Å². The molecule has 1 nitrogen and oxygen atoms in total. The molecule has 0 aliphatic heterocycles. The van der Waals surface area contributed by atoms with E-state index in [9.17, 15) is 0 Å². The van der Waals surface area contributed by atoms with Gasteiger partial charge < -0.3 is 5.73 Å². The van der Waals surface area contributed by atoms with Gasteiger partial charge in [-0.05, 0) is 48.6 Å². The highest BCUT2D eigenvalue weighted by atomic mass is 32.2. The number of thioether (sulfide) groups is 1. The van der Waals surface area contributed by atoms with E-state index in [0.29, 0.717) is 5.41 Å². The summed E-state index contributed by atoms with van der Waals surface area (Å²) in [4.78, 5) is 0. The van der Waals surface area contributed by atoms with Crippen LogP contribution in [0, 0.1) is 11.3 Å². The summed E-state index contributed by atoms with van der Waals surface area (Å²) in [5.41, 5.74) is 6.28. The molecule has 13 heavy (non-hydrogen) atoms. The van der Waals surface area contributed by atoms with Gasteiger partial charge in [0.05, 0.1) is 0 Å². The van der Waals surface area contributed by atoms with Crippen molar-refractivity contribution in [1.82, 2.24) is 0 Å². The predicted octanol–water partition coefficient (Wildman–Crippen LogP) is 2.89. The van der Waals surface area contributed by atoms with Gasteiger partial charge in [0, 0.05) is 0 Å². The van der Waals surface area contributed by atoms with Crippen LogP contribution in [0.2, 0.25) is 0 Å². The molecule has 0 aromatic carbocycles. The van der Waals surface area contributed by atoms with Crippen LogP contribution in [-0.2, 0) is 0 Å². The van der Waals surface area contributed by atoms with Crippen LogP contribution in [0.15, 0.2) is 0 Å². The molecule has 0 amide bonds. The van der Waals surface area contributed by atoms with Crippen molar-refractivity contribution in [1.29, 1.82) is 0 Å². The van der Waals surface area contributed by atoms with Crippen molar-refractivity contribution >= 4 is 11.8 Å². The molecule has 0 radical (unpaired) electrons. The summed E-state index contributed by atoms with van der Waals surface area (Å²) in [7, 11) is 0. The predicted molar refractivity (Wildman–Crippen MR) is 62.1 cm³/mol. The van der Waals surface area contributed by atoms with Gasteiger partial charge in [0.2, 0.25) is 0 Å². The van der Waals surface area contributed by atoms with Crippen molar-refractivity contribution in [2.75, 3.05) is 18.1 Å². The van der Waals surface area contributed by atoms with Gasteiger partial charge in [-0.3, -0.25) is 0 Å². The Labute approximate surface area is 86.8 Å². The van der Waals surface area contributed by atoms with Crippen molar-refractivity contribution in [3.8, 4) is 0 Å². The molecule has 1 atom stereocenters. The minimum atomic E-state index is 0.673. The molecule has 1 fully saturated rings. The van der Waals surface area contributed by atoms with E-state index >= 15 is 0 Å². The summed E-state index contributed by atoms with van der Waals surface area (Å²) in [5, 5.41) is 0. The molecule has 1 unspecified atom stereocenters. The van der Waals surface area contributed by atoms with Crippen LogP contribution in [0.25, 0.3) is 0 Å². The number of rotatable bonds is 7. The maximum Gasteiger partial charge on any atom is -0.00102 e. The second kappa shape index (κ2) is 5.26. The van der Waals surface area contributed by atoms with Crippen LogP contribution in [0.3, 0.4) is 0 Å². The summed E-state index contributed by atoms with van der Waals surface area (Å²) >= 11 is 2.14. The molecular formula is C11H23NS. The molecule has 1 rings (SSSR count). The largest absolute Gasteiger partial charge is 0.330 e. The van der Waals surface area contributed by atoms with E-state index in [1.165, 1.54) is 37.2 Å². The van der Waals surface area contributed by atoms with E-state index in [1.54, 1.807) is 0 Å². The molecule has 1 aliphatic carbocycles. The Hall–Kier alpha value is 0.310. The first-order valence-electron chi connectivity index (χ1n) is 5.50. The van der Waals surface area contributed by atoms with Gasteiger partial charge in [0.15, 0.2) is 0 Å². The zero-order chi connectivity index (χ0) is 9.73. The van der Waals surface area contributed by atoms with E-state index in [4.69, 9.17) is 5.73 Å². The maximum absolute atomic E-state index is 5.60. The van der Waals surface area contributed by atoms with Gasteiger partial charge in [0.1, 0.15) is 0 Å². The highest BCUT2D eigenvalue weighted by Gasteiger charge is 2.41. The van der Waals surface area contributed by atoms with E-state index < -0.39 is 0 Å². The molecule has 0 saturated heterocycles. The van der Waals surface area contributed by atoms with Gasteiger partial charge in [-0.2, -0.15) is 11.8 Å². The molecule has 2 N–H and O–H groups in total. The number of hydrogen-bond donors (Lipinski definition) is 1. The molecule has 0 bridgehead atoms. The highest BCUT2D eigenvalue weighted by Crippen LogP contribution is 2.50. The minimum Gasteiger partial charge on any atom is -0.330 e. The lowest BCUT2D eigenvalue weighted by Gasteiger charge is -2.14. The third kappa shape index (κ3) is 3.90. The Morgan fingerprint density at radius 2 is 2.15 bits per heavy atom. The molecular weight excluding hydrogens is 178 g/mol. The Morgan fingerprint density at radius 3 is 2.62 bits per heavy atom. The quantitative estimate of drug-likeness (QED) is 0.685. The fourth-order valence-corrected chi connectivity index (χ4v) is 3.17. The fraction of sp³-hybridized carbons (Fsp3) is 1.00. The zero-order valence-electron chi connectivity index (χ0n) is 9.01. The lowest BCUT2D eigenvalue weighted by molar-refractivity contribution is 0.536. The van der Waals surface area contributed by atoms with E-state index in [2.05, 4.69) is 25.6 Å². The SMILES string of the molecule is CCC(C)CSCC1(CCN)CC1. The average molecular weight is 201 g/mol. The third-order valence-electron chi connectivity index (χ3n) is 3.14. The van der Waals surface area contributed by atoms with Crippen LogP contribution >= 0.6 is 11.8 Å². The summed E-state index contributed by atoms with van der Waals surface area (Å²) in [6.07, 6.45) is 5.42. The molecule has 2 heteroatoms. The van der Waals surface area contributed by atoms with Crippen molar-refractivity contribution in [2.24, 2.45) is 17.1 Å². The first-order valence-corrected chi connectivity index (χ1v) is 6.66. The zero-order valence-corrected chi connectivity index (χ0v) is 9.83. The Bertz CT molecular complexity index is 143. The molecule has 0 heterocycles. The van der Waals surface area contributed by atoms with Gasteiger partial charge in [0.25, 0.3) is 0 Å². The number of nitrogens with two attached hydrogens (primary N) is 1. The van der Waals surface area contributed by atoms with Crippen molar-refractivity contribution in [3.05, 3.63) is 0 Å². The third-order valence-corrected chi connectivity index (χ3v) is 4.76. The summed E-state index contributed by atoms with van der Waals surface area (Å²) in [6, 6.07) is 0. The second-order valence-electron chi connectivity index (χ2n) is 4.57. The molecule has 0 spiro atoms. The molecule has 0 aromatic heterocycles. The van der Waals surface area contributed by atoms with E-state index in [1.807, 2.05) is 0 Å². The van der Waals surface area contributed by atoms with Crippen molar-refractivity contribution in [3.63, 3.8) is 0 Å².